The van der Waals surface area contributed by atoms with Crippen molar-refractivity contribution in [3.8, 4) is 5.75 Å². The van der Waals surface area contributed by atoms with Crippen LogP contribution in [0.1, 0.15) is 44.7 Å². The molecule has 1 saturated heterocycles. The predicted molar refractivity (Wildman–Crippen MR) is 138 cm³/mol. The average molecular weight is 587 g/mol. The highest BCUT2D eigenvalue weighted by Gasteiger charge is 2.36. The summed E-state index contributed by atoms with van der Waals surface area (Å²) in [5, 5.41) is 0. The van der Waals surface area contributed by atoms with Crippen LogP contribution in [0.15, 0.2) is 46.9 Å². The third-order valence-electron chi connectivity index (χ3n) is 5.89. The molecular formula is C27H34BrF3N2O4. The van der Waals surface area contributed by atoms with Crippen LogP contribution >= 0.6 is 15.9 Å². The van der Waals surface area contributed by atoms with Gasteiger partial charge >= 0.3 is 6.09 Å². The molecule has 1 amide bonds. The smallest absolute Gasteiger partial charge is 0.410 e. The Bertz CT molecular complexity index is 1040. The van der Waals surface area contributed by atoms with Gasteiger partial charge in [-0.15, -0.1) is 0 Å². The number of methoxy groups -OCH3 is 1. The van der Waals surface area contributed by atoms with Crippen LogP contribution in [0, 0.1) is 5.82 Å². The Morgan fingerprint density at radius 2 is 1.86 bits per heavy atom. The number of ether oxygens (including phenoxy) is 3. The van der Waals surface area contributed by atoms with Crippen molar-refractivity contribution in [1.82, 2.24) is 9.80 Å². The van der Waals surface area contributed by atoms with Crippen molar-refractivity contribution in [1.29, 1.82) is 0 Å². The lowest BCUT2D eigenvalue weighted by molar-refractivity contribution is -0.0162. The van der Waals surface area contributed by atoms with Gasteiger partial charge < -0.3 is 19.1 Å². The van der Waals surface area contributed by atoms with Crippen LogP contribution in [0.3, 0.4) is 0 Å². The second-order valence-electron chi connectivity index (χ2n) is 10.1. The van der Waals surface area contributed by atoms with E-state index in [1.165, 1.54) is 7.11 Å². The fraction of sp³-hybridized carbons (Fsp3) is 0.519. The van der Waals surface area contributed by atoms with Gasteiger partial charge in [0.2, 0.25) is 0 Å². The summed E-state index contributed by atoms with van der Waals surface area (Å²) in [6, 6.07) is 11.5. The quantitative estimate of drug-likeness (QED) is 0.339. The van der Waals surface area contributed by atoms with Crippen molar-refractivity contribution in [2.75, 3.05) is 33.4 Å². The van der Waals surface area contributed by atoms with E-state index in [1.54, 1.807) is 25.7 Å². The number of alkyl halides is 2. The van der Waals surface area contributed by atoms with Crippen LogP contribution in [0.2, 0.25) is 0 Å². The molecule has 2 aromatic carbocycles. The summed E-state index contributed by atoms with van der Waals surface area (Å²) in [5.41, 5.74) is -0.0732. The van der Waals surface area contributed by atoms with Gasteiger partial charge in [-0.2, -0.15) is 0 Å². The molecule has 2 atom stereocenters. The molecule has 0 spiro atoms. The fourth-order valence-electron chi connectivity index (χ4n) is 4.34. The van der Waals surface area contributed by atoms with E-state index >= 15 is 0 Å². The number of benzene rings is 2. The number of hydrogen-bond donors (Lipinski definition) is 0. The van der Waals surface area contributed by atoms with Gasteiger partial charge in [-0.3, -0.25) is 4.90 Å². The van der Waals surface area contributed by atoms with E-state index in [0.717, 1.165) is 17.7 Å². The summed E-state index contributed by atoms with van der Waals surface area (Å²) in [7, 11) is 1.48. The molecule has 3 rings (SSSR count). The largest absolute Gasteiger partial charge is 0.486 e. The molecule has 0 aromatic heterocycles. The minimum absolute atomic E-state index is 0.0854. The molecular weight excluding hydrogens is 553 g/mol. The lowest BCUT2D eigenvalue weighted by Crippen LogP contribution is -2.57. The van der Waals surface area contributed by atoms with E-state index < -0.39 is 35.6 Å². The molecule has 1 fully saturated rings. The number of amides is 1. The van der Waals surface area contributed by atoms with Crippen molar-refractivity contribution in [3.63, 3.8) is 0 Å². The maximum absolute atomic E-state index is 13.8. The first-order valence-electron chi connectivity index (χ1n) is 12.2. The number of halogens is 4. The zero-order valence-corrected chi connectivity index (χ0v) is 23.1. The summed E-state index contributed by atoms with van der Waals surface area (Å²) >= 11 is 3.15. The SMILES string of the molecule is COCC(CC1CN(Cc2ccccc2)CCN1C(=O)OC(C)(C)C)Oc1c(Br)cc(F)cc1C(F)F. The molecule has 10 heteroatoms. The van der Waals surface area contributed by atoms with Crippen molar-refractivity contribution < 1.29 is 32.2 Å². The topological polar surface area (TPSA) is 51.2 Å². The predicted octanol–water partition coefficient (Wildman–Crippen LogP) is 6.43. The molecule has 2 unspecified atom stereocenters. The molecule has 6 nitrogen and oxygen atoms in total. The molecule has 1 aliphatic heterocycles. The highest BCUT2D eigenvalue weighted by atomic mass is 79.9. The third kappa shape index (κ3) is 8.61. The van der Waals surface area contributed by atoms with Crippen molar-refractivity contribution >= 4 is 22.0 Å². The Kier molecular flexibility index (Phi) is 10.3. The molecule has 37 heavy (non-hydrogen) atoms. The van der Waals surface area contributed by atoms with Gasteiger partial charge in [0.05, 0.1) is 22.7 Å². The zero-order valence-electron chi connectivity index (χ0n) is 21.6. The Hall–Kier alpha value is -2.30. The maximum atomic E-state index is 13.8. The summed E-state index contributed by atoms with van der Waals surface area (Å²) in [4.78, 5) is 17.0. The summed E-state index contributed by atoms with van der Waals surface area (Å²) in [5.74, 6) is -0.933. The molecule has 0 aliphatic carbocycles. The van der Waals surface area contributed by atoms with Gasteiger partial charge in [-0.25, -0.2) is 18.0 Å². The number of rotatable bonds is 9. The first-order chi connectivity index (χ1) is 17.5. The Morgan fingerprint density at radius 1 is 1.16 bits per heavy atom. The van der Waals surface area contributed by atoms with Gasteiger partial charge in [0.25, 0.3) is 6.43 Å². The van der Waals surface area contributed by atoms with Gasteiger partial charge in [0, 0.05) is 39.7 Å². The molecule has 204 valence electrons. The van der Waals surface area contributed by atoms with E-state index in [0.29, 0.717) is 32.6 Å². The minimum Gasteiger partial charge on any atom is -0.486 e. The van der Waals surface area contributed by atoms with Crippen molar-refractivity contribution in [2.24, 2.45) is 0 Å². The van der Waals surface area contributed by atoms with Gasteiger partial charge in [-0.05, 0) is 54.4 Å². The highest BCUT2D eigenvalue weighted by molar-refractivity contribution is 9.10. The Morgan fingerprint density at radius 3 is 2.49 bits per heavy atom. The maximum Gasteiger partial charge on any atom is 0.410 e. The fourth-order valence-corrected chi connectivity index (χ4v) is 4.88. The Balaban J connectivity index is 1.84. The number of piperazine rings is 1. The van der Waals surface area contributed by atoms with Crippen molar-refractivity contribution in [3.05, 3.63) is 63.9 Å². The van der Waals surface area contributed by atoms with E-state index in [9.17, 15) is 18.0 Å². The first-order valence-corrected chi connectivity index (χ1v) is 12.9. The lowest BCUT2D eigenvalue weighted by Gasteiger charge is -2.42. The third-order valence-corrected chi connectivity index (χ3v) is 6.48. The van der Waals surface area contributed by atoms with Crippen LogP contribution < -0.4 is 4.74 Å². The van der Waals surface area contributed by atoms with Crippen molar-refractivity contribution in [2.45, 2.75) is 57.9 Å². The number of hydrogen-bond acceptors (Lipinski definition) is 5. The number of carbonyl (C=O) groups excluding carboxylic acids is 1. The Labute approximate surface area is 224 Å². The minimum atomic E-state index is -2.93. The lowest BCUT2D eigenvalue weighted by atomic mass is 10.0. The number of carbonyl (C=O) groups is 1. The van der Waals surface area contributed by atoms with Crippen LogP contribution in [-0.2, 0) is 16.0 Å². The zero-order chi connectivity index (χ0) is 27.2. The van der Waals surface area contributed by atoms with Crippen LogP contribution in [0.4, 0.5) is 18.0 Å². The molecule has 0 radical (unpaired) electrons. The second kappa shape index (κ2) is 13.0. The van der Waals surface area contributed by atoms with E-state index in [1.807, 2.05) is 30.3 Å². The molecule has 0 saturated carbocycles. The molecule has 1 heterocycles. The van der Waals surface area contributed by atoms with E-state index in [-0.39, 0.29) is 22.9 Å². The normalized spacial score (nSPS) is 17.6. The second-order valence-corrected chi connectivity index (χ2v) is 10.9. The van der Waals surface area contributed by atoms with E-state index in [4.69, 9.17) is 14.2 Å². The highest BCUT2D eigenvalue weighted by Crippen LogP contribution is 2.37. The molecule has 0 N–H and O–H groups in total. The summed E-state index contributed by atoms with van der Waals surface area (Å²) in [6.07, 6.45) is -3.76. The average Bonchev–Trinajstić information content (AvgIpc) is 2.80. The summed E-state index contributed by atoms with van der Waals surface area (Å²) in [6.45, 7) is 7.83. The monoisotopic (exact) mass is 586 g/mol. The van der Waals surface area contributed by atoms with Crippen LogP contribution in [-0.4, -0.2) is 67.0 Å². The van der Waals surface area contributed by atoms with Gasteiger partial charge in [0.1, 0.15) is 23.3 Å². The molecule has 1 aliphatic rings. The first kappa shape index (κ1) is 29.3. The van der Waals surface area contributed by atoms with E-state index in [2.05, 4.69) is 20.8 Å². The number of nitrogens with zero attached hydrogens (tertiary/aromatic N) is 2. The summed E-state index contributed by atoms with van der Waals surface area (Å²) < 4.78 is 58.3. The molecule has 2 aromatic rings. The molecule has 0 bridgehead atoms. The van der Waals surface area contributed by atoms with Crippen LogP contribution in [0.25, 0.3) is 0 Å². The van der Waals surface area contributed by atoms with Gasteiger partial charge in [-0.1, -0.05) is 30.3 Å². The van der Waals surface area contributed by atoms with Crippen LogP contribution in [0.5, 0.6) is 5.75 Å². The standard InChI is InChI=1S/C27H34BrF3N2O4/c1-27(2,3)37-26(34)33-11-10-32(15-18-8-6-5-7-9-18)16-20(33)14-21(17-35-4)36-24-22(25(30)31)12-19(29)13-23(24)28/h5-9,12-13,20-21,25H,10-11,14-17H2,1-4H3. The van der Waals surface area contributed by atoms with Gasteiger partial charge in [0.15, 0.2) is 0 Å².